The molecule has 144 valence electrons. The molecule has 0 fully saturated rings. The van der Waals surface area contributed by atoms with Crippen LogP contribution in [0.5, 0.6) is 5.75 Å². The van der Waals surface area contributed by atoms with Crippen molar-refractivity contribution in [3.8, 4) is 5.75 Å². The number of Topliss-reactive ketones (excluding diaryl/α,β-unsaturated/α-hetero) is 1. The molecule has 2 amide bonds. The van der Waals surface area contributed by atoms with Crippen molar-refractivity contribution in [1.82, 2.24) is 15.8 Å². The molecule has 0 atom stereocenters. The second-order valence-electron chi connectivity index (χ2n) is 6.51. The largest absolute Gasteiger partial charge is 0.483 e. The number of fused-ring (bicyclic) bond motifs is 1. The Hall–Kier alpha value is -3.61. The van der Waals surface area contributed by atoms with Gasteiger partial charge in [-0.25, -0.2) is 0 Å². The van der Waals surface area contributed by atoms with E-state index in [0.717, 1.165) is 16.6 Å². The molecule has 28 heavy (non-hydrogen) atoms. The van der Waals surface area contributed by atoms with E-state index >= 15 is 0 Å². The Kier molecular flexibility index (Phi) is 5.44. The molecule has 0 unspecified atom stereocenters. The zero-order valence-corrected chi connectivity index (χ0v) is 15.9. The van der Waals surface area contributed by atoms with Gasteiger partial charge < -0.3 is 9.72 Å². The molecule has 3 aromatic rings. The van der Waals surface area contributed by atoms with Crippen LogP contribution in [-0.2, 0) is 9.59 Å². The first kappa shape index (κ1) is 19.2. The molecule has 0 saturated carbocycles. The summed E-state index contributed by atoms with van der Waals surface area (Å²) < 4.78 is 5.52. The average Bonchev–Trinajstić information content (AvgIpc) is 3.00. The molecule has 0 aliphatic rings. The highest BCUT2D eigenvalue weighted by Crippen LogP contribution is 2.23. The van der Waals surface area contributed by atoms with Gasteiger partial charge in [0, 0.05) is 16.6 Å². The molecule has 1 heterocycles. The molecule has 0 saturated heterocycles. The number of nitrogens with one attached hydrogen (secondary N) is 3. The summed E-state index contributed by atoms with van der Waals surface area (Å²) >= 11 is 0. The Morgan fingerprint density at radius 3 is 2.32 bits per heavy atom. The number of aryl methyl sites for hydroxylation is 3. The summed E-state index contributed by atoms with van der Waals surface area (Å²) in [6.07, 6.45) is 0. The number of rotatable bonds is 5. The molecule has 0 spiro atoms. The van der Waals surface area contributed by atoms with Gasteiger partial charge in [-0.2, -0.15) is 0 Å². The van der Waals surface area contributed by atoms with Gasteiger partial charge in [0.2, 0.25) is 0 Å². The number of carbonyl (C=O) groups is 3. The van der Waals surface area contributed by atoms with Gasteiger partial charge in [0.25, 0.3) is 11.7 Å². The number of aromatic amines is 1. The van der Waals surface area contributed by atoms with Gasteiger partial charge in [0.05, 0.1) is 5.56 Å². The summed E-state index contributed by atoms with van der Waals surface area (Å²) in [5, 5.41) is 0.657. The van der Waals surface area contributed by atoms with Crippen LogP contribution in [0.3, 0.4) is 0 Å². The van der Waals surface area contributed by atoms with Gasteiger partial charge >= 0.3 is 5.91 Å². The summed E-state index contributed by atoms with van der Waals surface area (Å²) in [6, 6.07) is 12.9. The zero-order valence-electron chi connectivity index (χ0n) is 15.9. The van der Waals surface area contributed by atoms with Crippen molar-refractivity contribution in [1.29, 1.82) is 0 Å². The van der Waals surface area contributed by atoms with Crippen LogP contribution in [-0.4, -0.2) is 29.2 Å². The fourth-order valence-corrected chi connectivity index (χ4v) is 3.07. The summed E-state index contributed by atoms with van der Waals surface area (Å²) in [5.41, 5.74) is 7.80. The van der Waals surface area contributed by atoms with Crippen LogP contribution < -0.4 is 15.6 Å². The summed E-state index contributed by atoms with van der Waals surface area (Å²) in [7, 11) is 0. The number of H-pyrrole nitrogens is 1. The number of benzene rings is 2. The third-order valence-electron chi connectivity index (χ3n) is 4.40. The number of ether oxygens (including phenoxy) is 1. The molecule has 1 aromatic heterocycles. The molecule has 0 radical (unpaired) electrons. The van der Waals surface area contributed by atoms with Gasteiger partial charge in [-0.3, -0.25) is 25.2 Å². The van der Waals surface area contributed by atoms with Crippen LogP contribution in [0.25, 0.3) is 10.9 Å². The number of carbonyl (C=O) groups excluding carboxylic acids is 3. The first-order valence-corrected chi connectivity index (χ1v) is 8.78. The second-order valence-corrected chi connectivity index (χ2v) is 6.51. The van der Waals surface area contributed by atoms with Gasteiger partial charge in [-0.05, 0) is 38.0 Å². The Labute approximate surface area is 162 Å². The fraction of sp³-hybridized carbons (Fsp3) is 0.190. The van der Waals surface area contributed by atoms with E-state index in [1.807, 2.05) is 44.2 Å². The topological polar surface area (TPSA) is 100 Å². The van der Waals surface area contributed by atoms with E-state index in [0.29, 0.717) is 16.8 Å². The SMILES string of the molecule is Cc1cccc(C)c1OCC(=O)NNC(=O)C(=O)c1c(C)[nH]c2ccccc12. The molecule has 7 heteroatoms. The predicted molar refractivity (Wildman–Crippen MR) is 105 cm³/mol. The highest BCUT2D eigenvalue weighted by molar-refractivity contribution is 6.45. The minimum atomic E-state index is -0.923. The van der Waals surface area contributed by atoms with Crippen molar-refractivity contribution in [2.24, 2.45) is 0 Å². The quantitative estimate of drug-likeness (QED) is 0.360. The normalized spacial score (nSPS) is 10.5. The van der Waals surface area contributed by atoms with Crippen LogP contribution in [0.15, 0.2) is 42.5 Å². The molecule has 2 aromatic carbocycles. The number of aromatic nitrogens is 1. The van der Waals surface area contributed by atoms with Crippen molar-refractivity contribution in [3.05, 3.63) is 64.8 Å². The molecular weight excluding hydrogens is 358 g/mol. The summed E-state index contributed by atoms with van der Waals surface area (Å²) in [4.78, 5) is 39.7. The van der Waals surface area contributed by atoms with E-state index < -0.39 is 17.6 Å². The second kappa shape index (κ2) is 7.96. The van der Waals surface area contributed by atoms with Crippen LogP contribution in [0.2, 0.25) is 0 Å². The van der Waals surface area contributed by atoms with Crippen molar-refractivity contribution in [2.75, 3.05) is 6.61 Å². The van der Waals surface area contributed by atoms with E-state index in [4.69, 9.17) is 4.74 Å². The van der Waals surface area contributed by atoms with Gasteiger partial charge in [-0.15, -0.1) is 0 Å². The lowest BCUT2D eigenvalue weighted by Crippen LogP contribution is -2.46. The van der Waals surface area contributed by atoms with Crippen LogP contribution >= 0.6 is 0 Å². The lowest BCUT2D eigenvalue weighted by molar-refractivity contribution is -0.128. The van der Waals surface area contributed by atoms with E-state index in [-0.39, 0.29) is 12.2 Å². The number of hydrogen-bond donors (Lipinski definition) is 3. The Morgan fingerprint density at radius 1 is 0.929 bits per heavy atom. The number of amides is 2. The standard InChI is InChI=1S/C21H21N3O4/c1-12-7-6-8-13(2)20(12)28-11-17(25)23-24-21(27)19(26)18-14(3)22-16-10-5-4-9-15(16)18/h4-10,22H,11H2,1-3H3,(H,23,25)(H,24,27). The first-order chi connectivity index (χ1) is 13.4. The fourth-order valence-electron chi connectivity index (χ4n) is 3.07. The molecular formula is C21H21N3O4. The van der Waals surface area contributed by atoms with Gasteiger partial charge in [-0.1, -0.05) is 36.4 Å². The minimum Gasteiger partial charge on any atom is -0.483 e. The third kappa shape index (κ3) is 3.88. The van der Waals surface area contributed by atoms with E-state index in [1.165, 1.54) is 0 Å². The van der Waals surface area contributed by atoms with Gasteiger partial charge in [0.15, 0.2) is 6.61 Å². The lowest BCUT2D eigenvalue weighted by Gasteiger charge is -2.12. The Bertz CT molecular complexity index is 1050. The minimum absolute atomic E-state index is 0.285. The van der Waals surface area contributed by atoms with Crippen molar-refractivity contribution >= 4 is 28.5 Å². The maximum Gasteiger partial charge on any atom is 0.310 e. The zero-order chi connectivity index (χ0) is 20.3. The van der Waals surface area contributed by atoms with E-state index in [1.54, 1.807) is 19.1 Å². The highest BCUT2D eigenvalue weighted by atomic mass is 16.5. The van der Waals surface area contributed by atoms with Crippen LogP contribution in [0, 0.1) is 20.8 Å². The summed E-state index contributed by atoms with van der Waals surface area (Å²) in [6.45, 7) is 5.19. The average molecular weight is 379 g/mol. The van der Waals surface area contributed by atoms with Crippen LogP contribution in [0.4, 0.5) is 0 Å². The molecule has 0 aliphatic carbocycles. The molecule has 3 N–H and O–H groups in total. The maximum absolute atomic E-state index is 12.5. The smallest absolute Gasteiger partial charge is 0.310 e. The maximum atomic E-state index is 12.5. The number of ketones is 1. The number of hydrogen-bond acceptors (Lipinski definition) is 4. The molecule has 7 nitrogen and oxygen atoms in total. The highest BCUT2D eigenvalue weighted by Gasteiger charge is 2.23. The Balaban J connectivity index is 1.59. The monoisotopic (exact) mass is 379 g/mol. The Morgan fingerprint density at radius 2 is 1.61 bits per heavy atom. The van der Waals surface area contributed by atoms with Crippen molar-refractivity contribution in [3.63, 3.8) is 0 Å². The van der Waals surface area contributed by atoms with Crippen molar-refractivity contribution in [2.45, 2.75) is 20.8 Å². The van der Waals surface area contributed by atoms with Gasteiger partial charge in [0.1, 0.15) is 5.75 Å². The van der Waals surface area contributed by atoms with E-state index in [9.17, 15) is 14.4 Å². The van der Waals surface area contributed by atoms with Crippen molar-refractivity contribution < 1.29 is 19.1 Å². The van der Waals surface area contributed by atoms with E-state index in [2.05, 4.69) is 15.8 Å². The molecule has 3 rings (SSSR count). The van der Waals surface area contributed by atoms with Crippen LogP contribution in [0.1, 0.15) is 27.2 Å². The number of para-hydroxylation sites is 2. The summed E-state index contributed by atoms with van der Waals surface area (Å²) in [5.74, 6) is -1.60. The lowest BCUT2D eigenvalue weighted by atomic mass is 10.1. The molecule has 0 bridgehead atoms. The number of hydrazine groups is 1. The predicted octanol–water partition coefficient (Wildman–Crippen LogP) is 2.50. The third-order valence-corrected chi connectivity index (χ3v) is 4.40. The first-order valence-electron chi connectivity index (χ1n) is 8.78. The molecule has 0 aliphatic heterocycles.